The Hall–Kier alpha value is -2.11. The molecule has 0 fully saturated rings. The predicted octanol–water partition coefficient (Wildman–Crippen LogP) is 3.52. The van der Waals surface area contributed by atoms with Crippen molar-refractivity contribution in [3.05, 3.63) is 52.3 Å². The van der Waals surface area contributed by atoms with Crippen LogP contribution in [0.25, 0.3) is 10.9 Å². The quantitative estimate of drug-likeness (QED) is 0.712. The maximum absolute atomic E-state index is 12.2. The van der Waals surface area contributed by atoms with Crippen molar-refractivity contribution in [1.82, 2.24) is 15.2 Å². The molecule has 0 saturated carbocycles. The SMILES string of the molecule is O=C(Nc1n[nH]c2ccccc12)c1ccc(Cl)nc1Cl. The van der Waals surface area contributed by atoms with Gasteiger partial charge in [0.2, 0.25) is 0 Å². The van der Waals surface area contributed by atoms with Crippen LogP contribution in [0.1, 0.15) is 10.4 Å². The smallest absolute Gasteiger partial charge is 0.260 e. The fourth-order valence-electron chi connectivity index (χ4n) is 1.82. The molecule has 3 rings (SSSR count). The molecule has 3 aromatic rings. The lowest BCUT2D eigenvalue weighted by Crippen LogP contribution is -2.13. The van der Waals surface area contributed by atoms with Gasteiger partial charge in [-0.25, -0.2) is 4.98 Å². The molecule has 0 spiro atoms. The second-order valence-electron chi connectivity index (χ2n) is 4.04. The van der Waals surface area contributed by atoms with Crippen LogP contribution in [0.3, 0.4) is 0 Å². The van der Waals surface area contributed by atoms with Crippen LogP contribution in [0.4, 0.5) is 5.82 Å². The summed E-state index contributed by atoms with van der Waals surface area (Å²) in [6, 6.07) is 10.5. The lowest BCUT2D eigenvalue weighted by molar-refractivity contribution is 0.102. The van der Waals surface area contributed by atoms with Gasteiger partial charge in [0.25, 0.3) is 5.91 Å². The number of H-pyrrole nitrogens is 1. The molecule has 0 unspecified atom stereocenters. The van der Waals surface area contributed by atoms with Gasteiger partial charge in [-0.2, -0.15) is 5.10 Å². The van der Waals surface area contributed by atoms with Crippen molar-refractivity contribution in [2.75, 3.05) is 5.32 Å². The van der Waals surface area contributed by atoms with Crippen LogP contribution < -0.4 is 5.32 Å². The Kier molecular flexibility index (Phi) is 3.30. The number of nitrogens with one attached hydrogen (secondary N) is 2. The number of aromatic amines is 1. The van der Waals surface area contributed by atoms with Crippen LogP contribution >= 0.6 is 23.2 Å². The number of anilines is 1. The number of rotatable bonds is 2. The highest BCUT2D eigenvalue weighted by molar-refractivity contribution is 6.35. The standard InChI is InChI=1S/C13H8Cl2N4O/c14-10-6-5-8(11(15)16-10)13(20)17-12-7-3-1-2-4-9(7)18-19-12/h1-6H,(H2,17,18,19,20). The minimum absolute atomic E-state index is 0.0508. The number of aromatic nitrogens is 3. The first kappa shape index (κ1) is 12.9. The first-order valence-corrected chi connectivity index (χ1v) is 6.47. The van der Waals surface area contributed by atoms with Crippen LogP contribution in [0.5, 0.6) is 0 Å². The van der Waals surface area contributed by atoms with Crippen LogP contribution in [0.15, 0.2) is 36.4 Å². The Morgan fingerprint density at radius 1 is 1.15 bits per heavy atom. The van der Waals surface area contributed by atoms with E-state index in [9.17, 15) is 4.79 Å². The Morgan fingerprint density at radius 2 is 1.95 bits per heavy atom. The molecule has 20 heavy (non-hydrogen) atoms. The molecule has 5 nitrogen and oxygen atoms in total. The van der Waals surface area contributed by atoms with Gasteiger partial charge in [-0.1, -0.05) is 35.3 Å². The van der Waals surface area contributed by atoms with E-state index in [0.717, 1.165) is 10.9 Å². The summed E-state index contributed by atoms with van der Waals surface area (Å²) in [5.41, 5.74) is 1.08. The van der Waals surface area contributed by atoms with Gasteiger partial charge < -0.3 is 5.32 Å². The molecule has 0 aliphatic carbocycles. The fourth-order valence-corrected chi connectivity index (χ4v) is 2.25. The van der Waals surface area contributed by atoms with Crippen molar-refractivity contribution in [3.8, 4) is 0 Å². The third-order valence-corrected chi connectivity index (χ3v) is 3.26. The molecule has 1 aromatic carbocycles. The largest absolute Gasteiger partial charge is 0.304 e. The van der Waals surface area contributed by atoms with E-state index in [-0.39, 0.29) is 15.9 Å². The van der Waals surface area contributed by atoms with E-state index < -0.39 is 5.91 Å². The molecule has 2 aromatic heterocycles. The monoisotopic (exact) mass is 306 g/mol. The van der Waals surface area contributed by atoms with Crippen LogP contribution in [0, 0.1) is 0 Å². The topological polar surface area (TPSA) is 70.7 Å². The van der Waals surface area contributed by atoms with E-state index in [2.05, 4.69) is 20.5 Å². The highest BCUT2D eigenvalue weighted by Gasteiger charge is 2.14. The number of carbonyl (C=O) groups is 1. The van der Waals surface area contributed by atoms with Crippen molar-refractivity contribution >= 4 is 45.8 Å². The Balaban J connectivity index is 1.92. The van der Waals surface area contributed by atoms with E-state index >= 15 is 0 Å². The molecule has 0 aliphatic rings. The average Bonchev–Trinajstić information content (AvgIpc) is 2.82. The Bertz CT molecular complexity index is 800. The molecule has 1 amide bonds. The molecule has 0 bridgehead atoms. The second-order valence-corrected chi connectivity index (χ2v) is 4.79. The number of pyridine rings is 1. The number of benzene rings is 1. The molecule has 2 heterocycles. The van der Waals surface area contributed by atoms with Gasteiger partial charge in [-0.05, 0) is 24.3 Å². The molecule has 0 radical (unpaired) electrons. The van der Waals surface area contributed by atoms with Crippen molar-refractivity contribution in [3.63, 3.8) is 0 Å². The highest BCUT2D eigenvalue weighted by Crippen LogP contribution is 2.22. The zero-order valence-corrected chi connectivity index (χ0v) is 11.5. The summed E-state index contributed by atoms with van der Waals surface area (Å²) in [4.78, 5) is 16.0. The number of hydrogen-bond donors (Lipinski definition) is 2. The van der Waals surface area contributed by atoms with Gasteiger partial charge >= 0.3 is 0 Å². The fraction of sp³-hybridized carbons (Fsp3) is 0. The van der Waals surface area contributed by atoms with E-state index in [4.69, 9.17) is 23.2 Å². The third kappa shape index (κ3) is 2.33. The third-order valence-electron chi connectivity index (χ3n) is 2.76. The molecule has 7 heteroatoms. The predicted molar refractivity (Wildman–Crippen MR) is 78.3 cm³/mol. The molecule has 2 N–H and O–H groups in total. The van der Waals surface area contributed by atoms with Crippen molar-refractivity contribution in [1.29, 1.82) is 0 Å². The second kappa shape index (κ2) is 5.11. The van der Waals surface area contributed by atoms with Crippen LogP contribution in [-0.2, 0) is 0 Å². The summed E-state index contributed by atoms with van der Waals surface area (Å²) >= 11 is 11.6. The summed E-state index contributed by atoms with van der Waals surface area (Å²) in [5, 5.41) is 10.7. The van der Waals surface area contributed by atoms with Crippen LogP contribution in [-0.4, -0.2) is 21.1 Å². The molecule has 0 atom stereocenters. The van der Waals surface area contributed by atoms with E-state index in [1.54, 1.807) is 0 Å². The Labute approximate surface area is 123 Å². The lowest BCUT2D eigenvalue weighted by atomic mass is 10.2. The van der Waals surface area contributed by atoms with Gasteiger partial charge in [-0.15, -0.1) is 0 Å². The zero-order chi connectivity index (χ0) is 14.1. The van der Waals surface area contributed by atoms with Crippen molar-refractivity contribution in [2.45, 2.75) is 0 Å². The number of halogens is 2. The van der Waals surface area contributed by atoms with Gasteiger partial charge in [0.05, 0.1) is 11.1 Å². The van der Waals surface area contributed by atoms with E-state index in [1.165, 1.54) is 12.1 Å². The van der Waals surface area contributed by atoms with E-state index in [0.29, 0.717) is 5.82 Å². The molecule has 0 aliphatic heterocycles. The van der Waals surface area contributed by atoms with Crippen molar-refractivity contribution in [2.24, 2.45) is 0 Å². The summed E-state index contributed by atoms with van der Waals surface area (Å²) < 4.78 is 0. The summed E-state index contributed by atoms with van der Waals surface area (Å²) in [5.74, 6) is 0.0491. The molecular weight excluding hydrogens is 299 g/mol. The molecule has 0 saturated heterocycles. The van der Waals surface area contributed by atoms with E-state index in [1.807, 2.05) is 24.3 Å². The average molecular weight is 307 g/mol. The zero-order valence-electron chi connectivity index (χ0n) is 10.0. The maximum atomic E-state index is 12.2. The van der Waals surface area contributed by atoms with Gasteiger partial charge in [0.15, 0.2) is 5.82 Å². The number of fused-ring (bicyclic) bond motifs is 1. The number of amides is 1. The maximum Gasteiger partial charge on any atom is 0.260 e. The lowest BCUT2D eigenvalue weighted by Gasteiger charge is -2.04. The number of para-hydroxylation sites is 1. The summed E-state index contributed by atoms with van der Waals surface area (Å²) in [6.07, 6.45) is 0. The normalized spacial score (nSPS) is 10.7. The minimum atomic E-state index is -0.392. The summed E-state index contributed by atoms with van der Waals surface area (Å²) in [7, 11) is 0. The highest BCUT2D eigenvalue weighted by atomic mass is 35.5. The number of hydrogen-bond acceptors (Lipinski definition) is 3. The first-order chi connectivity index (χ1) is 9.65. The molecular formula is C13H8Cl2N4O. The minimum Gasteiger partial charge on any atom is -0.304 e. The van der Waals surface area contributed by atoms with Crippen LogP contribution in [0.2, 0.25) is 10.3 Å². The van der Waals surface area contributed by atoms with Gasteiger partial charge in [-0.3, -0.25) is 9.89 Å². The van der Waals surface area contributed by atoms with Crippen molar-refractivity contribution < 1.29 is 4.79 Å². The number of nitrogens with zero attached hydrogens (tertiary/aromatic N) is 2. The number of carbonyl (C=O) groups excluding carboxylic acids is 1. The summed E-state index contributed by atoms with van der Waals surface area (Å²) in [6.45, 7) is 0. The first-order valence-electron chi connectivity index (χ1n) is 5.71. The molecule has 100 valence electrons. The van der Waals surface area contributed by atoms with Gasteiger partial charge in [0, 0.05) is 5.39 Å². The Morgan fingerprint density at radius 3 is 2.75 bits per heavy atom. The van der Waals surface area contributed by atoms with Gasteiger partial charge in [0.1, 0.15) is 10.3 Å².